The minimum Gasteiger partial charge on any atom is -0.505 e. The van der Waals surface area contributed by atoms with Crippen LogP contribution >= 0.6 is 15.9 Å². The third-order valence-electron chi connectivity index (χ3n) is 1.69. The molecular weight excluding hydrogens is 288 g/mol. The highest BCUT2D eigenvalue weighted by molar-refractivity contribution is 9.10. The van der Waals surface area contributed by atoms with Gasteiger partial charge in [0.2, 0.25) is 0 Å². The maximum Gasteiger partial charge on any atom is 0.340 e. The van der Waals surface area contributed by atoms with E-state index < -0.39 is 29.4 Å². The van der Waals surface area contributed by atoms with Crippen LogP contribution in [0.2, 0.25) is 0 Å². The Bertz CT molecular complexity index is 412. The molecule has 0 amide bonds. The molecule has 0 spiro atoms. The van der Waals surface area contributed by atoms with Gasteiger partial charge in [-0.25, -0.2) is 18.6 Å². The van der Waals surface area contributed by atoms with E-state index in [1.807, 2.05) is 0 Å². The van der Waals surface area contributed by atoms with Gasteiger partial charge in [-0.2, -0.15) is 0 Å². The Balaban J connectivity index is 3.24. The summed E-state index contributed by atoms with van der Waals surface area (Å²) < 4.78 is 29.6. The van der Waals surface area contributed by atoms with Crippen LogP contribution in [0.3, 0.4) is 0 Å². The van der Waals surface area contributed by atoms with E-state index in [4.69, 9.17) is 0 Å². The standard InChI is InChI=1S/C9H8BrF2NO3/c1-2-16-9(15)4-3-5(14)7(10)13-6(4)8(11)12/h3,8,14H,2H2,1H3. The summed E-state index contributed by atoms with van der Waals surface area (Å²) in [5.41, 5.74) is -1.15. The lowest BCUT2D eigenvalue weighted by atomic mass is 10.2. The number of ether oxygens (including phenoxy) is 1. The smallest absolute Gasteiger partial charge is 0.340 e. The number of hydrogen-bond acceptors (Lipinski definition) is 4. The molecule has 0 atom stereocenters. The molecule has 88 valence electrons. The van der Waals surface area contributed by atoms with Gasteiger partial charge in [0.15, 0.2) is 0 Å². The Labute approximate surface area is 98.4 Å². The van der Waals surface area contributed by atoms with Crippen LogP contribution in [0.1, 0.15) is 29.4 Å². The van der Waals surface area contributed by atoms with Gasteiger partial charge in [0.25, 0.3) is 6.43 Å². The van der Waals surface area contributed by atoms with Crippen molar-refractivity contribution in [3.8, 4) is 5.75 Å². The first-order chi connectivity index (χ1) is 7.47. The number of alkyl halides is 2. The van der Waals surface area contributed by atoms with E-state index >= 15 is 0 Å². The Kier molecular flexibility index (Phi) is 4.17. The summed E-state index contributed by atoms with van der Waals surface area (Å²) in [4.78, 5) is 14.7. The largest absolute Gasteiger partial charge is 0.505 e. The third-order valence-corrected chi connectivity index (χ3v) is 2.27. The molecule has 1 heterocycles. The van der Waals surface area contributed by atoms with Crippen LogP contribution in [-0.4, -0.2) is 22.7 Å². The molecule has 1 N–H and O–H groups in total. The fourth-order valence-corrected chi connectivity index (χ4v) is 1.34. The number of carbonyl (C=O) groups excluding carboxylic acids is 1. The summed E-state index contributed by atoms with van der Waals surface area (Å²) in [6.45, 7) is 1.60. The second-order valence-electron chi connectivity index (χ2n) is 2.75. The van der Waals surface area contributed by atoms with Crippen LogP contribution in [0.5, 0.6) is 5.75 Å². The summed E-state index contributed by atoms with van der Waals surface area (Å²) >= 11 is 2.79. The number of aromatic nitrogens is 1. The lowest BCUT2D eigenvalue weighted by Gasteiger charge is -2.08. The van der Waals surface area contributed by atoms with E-state index in [0.29, 0.717) is 0 Å². The maximum absolute atomic E-state index is 12.6. The minimum atomic E-state index is -2.92. The molecule has 4 nitrogen and oxygen atoms in total. The monoisotopic (exact) mass is 295 g/mol. The van der Waals surface area contributed by atoms with Crippen LogP contribution in [0.15, 0.2) is 10.7 Å². The number of pyridine rings is 1. The molecule has 0 saturated heterocycles. The summed E-state index contributed by atoms with van der Waals surface area (Å²) in [7, 11) is 0. The van der Waals surface area contributed by atoms with E-state index in [9.17, 15) is 18.7 Å². The number of hydrogen-bond donors (Lipinski definition) is 1. The van der Waals surface area contributed by atoms with Gasteiger partial charge in [-0.15, -0.1) is 0 Å². The topological polar surface area (TPSA) is 59.4 Å². The quantitative estimate of drug-likeness (QED) is 0.688. The van der Waals surface area contributed by atoms with Crippen molar-refractivity contribution in [2.45, 2.75) is 13.3 Å². The molecule has 0 radical (unpaired) electrons. The normalized spacial score (nSPS) is 10.6. The third kappa shape index (κ3) is 2.66. The molecule has 0 aliphatic rings. The minimum absolute atomic E-state index is 0.0539. The van der Waals surface area contributed by atoms with Crippen molar-refractivity contribution in [3.63, 3.8) is 0 Å². The second kappa shape index (κ2) is 5.20. The van der Waals surface area contributed by atoms with E-state index in [1.165, 1.54) is 0 Å². The number of halogens is 3. The second-order valence-corrected chi connectivity index (χ2v) is 3.50. The summed E-state index contributed by atoms with van der Waals surface area (Å²) in [5, 5.41) is 9.26. The average Bonchev–Trinajstić information content (AvgIpc) is 2.21. The molecule has 0 aliphatic heterocycles. The van der Waals surface area contributed by atoms with Gasteiger partial charge < -0.3 is 9.84 Å². The van der Waals surface area contributed by atoms with Gasteiger partial charge in [-0.05, 0) is 28.9 Å². The highest BCUT2D eigenvalue weighted by atomic mass is 79.9. The Morgan fingerprint density at radius 1 is 1.69 bits per heavy atom. The molecule has 0 unspecified atom stereocenters. The van der Waals surface area contributed by atoms with Gasteiger partial charge in [-0.1, -0.05) is 0 Å². The Morgan fingerprint density at radius 3 is 2.81 bits per heavy atom. The van der Waals surface area contributed by atoms with Crippen LogP contribution in [0, 0.1) is 0 Å². The van der Waals surface area contributed by atoms with E-state index in [0.717, 1.165) is 6.07 Å². The van der Waals surface area contributed by atoms with Crippen LogP contribution in [-0.2, 0) is 4.74 Å². The lowest BCUT2D eigenvalue weighted by Crippen LogP contribution is -2.10. The van der Waals surface area contributed by atoms with Gasteiger partial charge >= 0.3 is 5.97 Å². The first-order valence-electron chi connectivity index (χ1n) is 4.32. The molecule has 16 heavy (non-hydrogen) atoms. The van der Waals surface area contributed by atoms with Crippen LogP contribution < -0.4 is 0 Å². The highest BCUT2D eigenvalue weighted by Crippen LogP contribution is 2.29. The predicted molar refractivity (Wildman–Crippen MR) is 54.5 cm³/mol. The highest BCUT2D eigenvalue weighted by Gasteiger charge is 2.23. The Hall–Kier alpha value is -1.24. The number of carbonyl (C=O) groups is 1. The summed E-state index contributed by atoms with van der Waals surface area (Å²) in [6, 6.07) is 0.899. The van der Waals surface area contributed by atoms with Crippen molar-refractivity contribution < 1.29 is 23.4 Å². The predicted octanol–water partition coefficient (Wildman–Crippen LogP) is 2.66. The Morgan fingerprint density at radius 2 is 2.31 bits per heavy atom. The van der Waals surface area contributed by atoms with Crippen LogP contribution in [0.4, 0.5) is 8.78 Å². The van der Waals surface area contributed by atoms with E-state index in [-0.39, 0.29) is 11.2 Å². The zero-order valence-corrected chi connectivity index (χ0v) is 9.79. The van der Waals surface area contributed by atoms with E-state index in [1.54, 1.807) is 6.92 Å². The maximum atomic E-state index is 12.6. The van der Waals surface area contributed by atoms with Crippen molar-refractivity contribution in [3.05, 3.63) is 21.9 Å². The first-order valence-corrected chi connectivity index (χ1v) is 5.11. The molecule has 0 bridgehead atoms. The van der Waals surface area contributed by atoms with Crippen molar-refractivity contribution in [1.29, 1.82) is 0 Å². The lowest BCUT2D eigenvalue weighted by molar-refractivity contribution is 0.0512. The number of esters is 1. The number of rotatable bonds is 3. The van der Waals surface area contributed by atoms with Crippen molar-refractivity contribution >= 4 is 21.9 Å². The molecule has 0 saturated carbocycles. The molecule has 0 aromatic carbocycles. The molecule has 0 fully saturated rings. The molecule has 7 heteroatoms. The van der Waals surface area contributed by atoms with Gasteiger partial charge in [0, 0.05) is 0 Å². The van der Waals surface area contributed by atoms with E-state index in [2.05, 4.69) is 25.7 Å². The van der Waals surface area contributed by atoms with Crippen molar-refractivity contribution in [2.75, 3.05) is 6.61 Å². The first kappa shape index (κ1) is 12.8. The molecule has 1 aromatic rings. The number of aromatic hydroxyl groups is 1. The average molecular weight is 296 g/mol. The summed E-state index contributed by atoms with van der Waals surface area (Å²) in [5.74, 6) is -1.33. The molecule has 1 aromatic heterocycles. The molecule has 1 rings (SSSR count). The zero-order chi connectivity index (χ0) is 12.3. The SMILES string of the molecule is CCOC(=O)c1cc(O)c(Br)nc1C(F)F. The zero-order valence-electron chi connectivity index (χ0n) is 8.21. The fourth-order valence-electron chi connectivity index (χ4n) is 1.03. The van der Waals surface area contributed by atoms with Crippen molar-refractivity contribution in [1.82, 2.24) is 4.98 Å². The van der Waals surface area contributed by atoms with Gasteiger partial charge in [-0.3, -0.25) is 0 Å². The molecule has 0 aliphatic carbocycles. The summed E-state index contributed by atoms with van der Waals surface area (Å²) in [6.07, 6.45) is -2.92. The van der Waals surface area contributed by atoms with Gasteiger partial charge in [0.1, 0.15) is 16.0 Å². The molecular formula is C9H8BrF2NO3. The van der Waals surface area contributed by atoms with Crippen LogP contribution in [0.25, 0.3) is 0 Å². The van der Waals surface area contributed by atoms with Gasteiger partial charge in [0.05, 0.1) is 12.2 Å². The fraction of sp³-hybridized carbons (Fsp3) is 0.333. The van der Waals surface area contributed by atoms with Crippen molar-refractivity contribution in [2.24, 2.45) is 0 Å². The number of nitrogens with zero attached hydrogens (tertiary/aromatic N) is 1.